The number of carbonyl (C=O) groups excluding carboxylic acids is 1. The number of methoxy groups -OCH3 is 1. The van der Waals surface area contributed by atoms with E-state index in [0.29, 0.717) is 6.54 Å². The molecule has 0 fully saturated rings. The largest absolute Gasteiger partial charge is 0.388 e. The van der Waals surface area contributed by atoms with Gasteiger partial charge in [-0.2, -0.15) is 0 Å². The van der Waals surface area contributed by atoms with Gasteiger partial charge >= 0.3 is 0 Å². The highest BCUT2D eigenvalue weighted by atomic mass is 31.1. The molecule has 0 spiro atoms. The molecule has 0 heterocycles. The smallest absolute Gasteiger partial charge is 0.293 e. The molecule has 2 N–H and O–H groups in total. The van der Waals surface area contributed by atoms with E-state index >= 15 is 0 Å². The van der Waals surface area contributed by atoms with Crippen LogP contribution in [0.5, 0.6) is 0 Å². The van der Waals surface area contributed by atoms with E-state index in [2.05, 4.69) is 60.8 Å². The van der Waals surface area contributed by atoms with Gasteiger partial charge in [0.15, 0.2) is 0 Å². The average molecular weight is 614 g/mol. The molecule has 1 aliphatic rings. The molecule has 3 atom stereocenters. The van der Waals surface area contributed by atoms with E-state index in [1.807, 2.05) is 24.3 Å². The van der Waals surface area contributed by atoms with Gasteiger partial charge in [0.05, 0.1) is 12.7 Å². The maximum absolute atomic E-state index is 13.6. The third-order valence-electron chi connectivity index (χ3n) is 7.56. The van der Waals surface area contributed by atoms with Crippen LogP contribution in [0.2, 0.25) is 0 Å². The van der Waals surface area contributed by atoms with Crippen molar-refractivity contribution >= 4 is 20.1 Å². The van der Waals surface area contributed by atoms with Crippen molar-refractivity contribution < 1.29 is 28.2 Å². The number of hydrogen-bond acceptors (Lipinski definition) is 4. The minimum Gasteiger partial charge on any atom is -0.388 e. The number of ether oxygens (including phenoxy) is 2. The molecule has 0 saturated heterocycles. The number of alkyl halides is 2. The molecule has 3 rings (SSSR count). The quantitative estimate of drug-likeness (QED) is 0.143. The van der Waals surface area contributed by atoms with Gasteiger partial charge in [-0.15, -0.1) is 8.58 Å². The molecule has 1 aliphatic carbocycles. The Morgan fingerprint density at radius 3 is 2.58 bits per heavy atom. The van der Waals surface area contributed by atoms with Gasteiger partial charge < -0.3 is 19.9 Å². The Kier molecular flexibility index (Phi) is 13.7. The molecule has 1 amide bonds. The lowest BCUT2D eigenvalue weighted by Gasteiger charge is -2.27. The van der Waals surface area contributed by atoms with Crippen LogP contribution in [0.3, 0.4) is 0 Å². The van der Waals surface area contributed by atoms with E-state index in [1.54, 1.807) is 0 Å². The summed E-state index contributed by atoms with van der Waals surface area (Å²) in [5.41, 5.74) is 8.23. The monoisotopic (exact) mass is 613 g/mol. The second kappa shape index (κ2) is 17.0. The van der Waals surface area contributed by atoms with E-state index in [-0.39, 0.29) is 18.4 Å². The number of aliphatic hydroxyl groups is 1. The summed E-state index contributed by atoms with van der Waals surface area (Å²) in [6, 6.07) is 13.8. The molecule has 0 saturated carbocycles. The number of aryl methyl sites for hydroxylation is 1. The van der Waals surface area contributed by atoms with Crippen molar-refractivity contribution in [3.8, 4) is 0 Å². The lowest BCUT2D eigenvalue weighted by Crippen LogP contribution is -2.29. The SMILES string of the molecule is C=C1CC=CC(c2ccc(C(CPCCC)C(O)c3ccc(COCC(F)(F)COC)cc3)c(C)c2)=C1CCNC(C)=O. The number of hydrogen-bond donors (Lipinski definition) is 2. The lowest BCUT2D eigenvalue weighted by molar-refractivity contribution is -0.119. The number of aliphatic hydroxyl groups excluding tert-OH is 1. The third kappa shape index (κ3) is 10.5. The fraction of sp³-hybridized carbons (Fsp3) is 0.457. The molecule has 0 aliphatic heterocycles. The van der Waals surface area contributed by atoms with Crippen molar-refractivity contribution in [2.45, 2.75) is 64.6 Å². The lowest BCUT2D eigenvalue weighted by atomic mass is 9.83. The van der Waals surface area contributed by atoms with E-state index in [0.717, 1.165) is 84.7 Å². The Labute approximate surface area is 257 Å². The first-order chi connectivity index (χ1) is 20.6. The minimum atomic E-state index is -3.03. The highest BCUT2D eigenvalue weighted by molar-refractivity contribution is 7.38. The zero-order valence-corrected chi connectivity index (χ0v) is 26.8. The summed E-state index contributed by atoms with van der Waals surface area (Å²) in [7, 11) is 1.96. The van der Waals surface area contributed by atoms with Crippen molar-refractivity contribution in [2.24, 2.45) is 0 Å². The molecule has 43 heavy (non-hydrogen) atoms. The van der Waals surface area contributed by atoms with Crippen LogP contribution in [0.15, 0.2) is 72.3 Å². The van der Waals surface area contributed by atoms with Crippen molar-refractivity contribution in [3.63, 3.8) is 0 Å². The second-order valence-electron chi connectivity index (χ2n) is 11.2. The highest BCUT2D eigenvalue weighted by Crippen LogP contribution is 2.39. The molecule has 3 unspecified atom stereocenters. The van der Waals surface area contributed by atoms with Gasteiger partial charge in [0, 0.05) is 26.5 Å². The maximum atomic E-state index is 13.6. The summed E-state index contributed by atoms with van der Waals surface area (Å²) in [5.74, 6) is -3.16. The van der Waals surface area contributed by atoms with Crippen LogP contribution in [0.25, 0.3) is 5.57 Å². The van der Waals surface area contributed by atoms with Crippen LogP contribution in [0, 0.1) is 6.92 Å². The predicted molar refractivity (Wildman–Crippen MR) is 173 cm³/mol. The second-order valence-corrected chi connectivity index (χ2v) is 12.6. The first kappa shape index (κ1) is 34.8. The first-order valence-corrected chi connectivity index (χ1v) is 16.3. The Bertz CT molecular complexity index is 1290. The summed E-state index contributed by atoms with van der Waals surface area (Å²) in [5, 5.41) is 14.5. The Balaban J connectivity index is 1.81. The van der Waals surface area contributed by atoms with Crippen molar-refractivity contribution in [1.82, 2.24) is 5.32 Å². The summed E-state index contributed by atoms with van der Waals surface area (Å²) in [6.45, 7) is 9.31. The third-order valence-corrected chi connectivity index (χ3v) is 9.14. The van der Waals surface area contributed by atoms with Crippen LogP contribution in [0.1, 0.15) is 72.9 Å². The fourth-order valence-corrected chi connectivity index (χ4v) is 6.69. The molecule has 234 valence electrons. The predicted octanol–water partition coefficient (Wildman–Crippen LogP) is 7.49. The van der Waals surface area contributed by atoms with Crippen molar-refractivity contribution in [1.29, 1.82) is 0 Å². The van der Waals surface area contributed by atoms with Gasteiger partial charge in [0.1, 0.15) is 13.2 Å². The number of allylic oxidation sites excluding steroid dienone is 4. The normalized spacial score (nSPS) is 15.4. The van der Waals surface area contributed by atoms with Crippen molar-refractivity contribution in [2.75, 3.05) is 39.2 Å². The minimum absolute atomic E-state index is 0.0433. The van der Waals surface area contributed by atoms with Crippen molar-refractivity contribution in [3.05, 3.63) is 100 Å². The van der Waals surface area contributed by atoms with Crippen LogP contribution in [0.4, 0.5) is 8.78 Å². The van der Waals surface area contributed by atoms with Gasteiger partial charge in [-0.25, -0.2) is 8.78 Å². The molecule has 0 bridgehead atoms. The average Bonchev–Trinajstić information content (AvgIpc) is 2.96. The number of rotatable bonds is 17. The summed E-state index contributed by atoms with van der Waals surface area (Å²) >= 11 is 0. The Morgan fingerprint density at radius 2 is 1.93 bits per heavy atom. The summed E-state index contributed by atoms with van der Waals surface area (Å²) in [6.07, 6.45) is 8.16. The molecule has 8 heteroatoms. The zero-order valence-electron chi connectivity index (χ0n) is 25.8. The summed E-state index contributed by atoms with van der Waals surface area (Å²) in [4.78, 5) is 11.4. The van der Waals surface area contributed by atoms with Gasteiger partial charge in [-0.3, -0.25) is 4.79 Å². The number of halogens is 2. The van der Waals surface area contributed by atoms with Gasteiger partial charge in [-0.05, 0) is 76.6 Å². The molecule has 0 aromatic heterocycles. The van der Waals surface area contributed by atoms with Crippen LogP contribution in [-0.2, 0) is 20.9 Å². The first-order valence-electron chi connectivity index (χ1n) is 14.9. The van der Waals surface area contributed by atoms with Gasteiger partial charge in [0.2, 0.25) is 5.91 Å². The molecule has 0 radical (unpaired) electrons. The summed E-state index contributed by atoms with van der Waals surface area (Å²) < 4.78 is 37.0. The van der Waals surface area contributed by atoms with E-state index in [1.165, 1.54) is 14.0 Å². The molecular formula is C35H46F2NO4P. The number of benzene rings is 2. The molecule has 2 aromatic rings. The Morgan fingerprint density at radius 1 is 1.19 bits per heavy atom. The molecule has 5 nitrogen and oxygen atoms in total. The van der Waals surface area contributed by atoms with Crippen LogP contribution in [-0.4, -0.2) is 56.1 Å². The van der Waals surface area contributed by atoms with Gasteiger partial charge in [-0.1, -0.05) is 74.5 Å². The number of carbonyl (C=O) groups is 1. The number of amides is 1. The molecular weight excluding hydrogens is 567 g/mol. The van der Waals surface area contributed by atoms with E-state index in [4.69, 9.17) is 4.74 Å². The standard InChI is InChI=1S/C35H46F2NO4P/c1-6-18-43-21-33(34(40)28-12-10-27(11-13-28)20-42-23-35(36,37)22-41-5)30-15-14-29(19-25(30)3)32-9-7-8-24(2)31(32)16-17-38-26(4)39/h7,9-15,19,33-34,40,43H,2,6,8,16-18,20-23H2,1,3-5H3,(H,38,39). The van der Waals surface area contributed by atoms with Gasteiger partial charge in [0.25, 0.3) is 5.92 Å². The Hall–Kier alpha value is -2.70. The van der Waals surface area contributed by atoms with E-state index < -0.39 is 25.2 Å². The van der Waals surface area contributed by atoms with Crippen LogP contribution >= 0.6 is 8.58 Å². The zero-order chi connectivity index (χ0) is 31.4. The molecule has 2 aromatic carbocycles. The van der Waals surface area contributed by atoms with Crippen LogP contribution < -0.4 is 5.32 Å². The number of nitrogens with one attached hydrogen (secondary N) is 1. The topological polar surface area (TPSA) is 67.8 Å². The maximum Gasteiger partial charge on any atom is 0.293 e. The highest BCUT2D eigenvalue weighted by Gasteiger charge is 2.29. The fourth-order valence-electron chi connectivity index (χ4n) is 5.38. The van der Waals surface area contributed by atoms with E-state index in [9.17, 15) is 18.7 Å².